The van der Waals surface area contributed by atoms with E-state index in [2.05, 4.69) is 6.92 Å². The van der Waals surface area contributed by atoms with Crippen LogP contribution in [0.5, 0.6) is 0 Å². The zero-order chi connectivity index (χ0) is 12.4. The molecule has 0 amide bonds. The highest BCUT2D eigenvalue weighted by Crippen LogP contribution is 2.27. The lowest BCUT2D eigenvalue weighted by Gasteiger charge is -2.27. The second-order valence-corrected chi connectivity index (χ2v) is 4.26. The van der Waals surface area contributed by atoms with Crippen LogP contribution in [-0.4, -0.2) is 30.8 Å². The molecular formula is C12H25NO3. The van der Waals surface area contributed by atoms with Crippen molar-refractivity contribution in [1.82, 2.24) is 0 Å². The fourth-order valence-electron chi connectivity index (χ4n) is 1.72. The van der Waals surface area contributed by atoms with Crippen LogP contribution in [-0.2, 0) is 9.53 Å². The van der Waals surface area contributed by atoms with Gasteiger partial charge in [-0.1, -0.05) is 26.7 Å². The molecule has 0 aliphatic carbocycles. The van der Waals surface area contributed by atoms with E-state index in [9.17, 15) is 9.90 Å². The summed E-state index contributed by atoms with van der Waals surface area (Å²) in [4.78, 5) is 11.2. The van der Waals surface area contributed by atoms with Gasteiger partial charge in [-0.25, -0.2) is 0 Å². The van der Waals surface area contributed by atoms with Crippen molar-refractivity contribution >= 4 is 5.97 Å². The predicted molar refractivity (Wildman–Crippen MR) is 64.4 cm³/mol. The molecule has 0 saturated carbocycles. The Kier molecular flexibility index (Phi) is 8.21. The van der Waals surface area contributed by atoms with Crippen molar-refractivity contribution in [1.29, 1.82) is 0 Å². The molecule has 0 bridgehead atoms. The van der Waals surface area contributed by atoms with Crippen LogP contribution in [0.25, 0.3) is 0 Å². The van der Waals surface area contributed by atoms with E-state index in [1.165, 1.54) is 0 Å². The number of carboxylic acid groups (broad SMARTS) is 1. The van der Waals surface area contributed by atoms with Gasteiger partial charge in [0.2, 0.25) is 0 Å². The number of nitrogens with two attached hydrogens (primary N) is 1. The third kappa shape index (κ3) is 4.94. The van der Waals surface area contributed by atoms with Crippen molar-refractivity contribution in [2.75, 3.05) is 19.8 Å². The summed E-state index contributed by atoms with van der Waals surface area (Å²) in [6.07, 6.45) is 4.08. The van der Waals surface area contributed by atoms with E-state index in [4.69, 9.17) is 10.5 Å². The molecule has 0 aromatic heterocycles. The number of aliphatic carboxylic acids is 1. The summed E-state index contributed by atoms with van der Waals surface area (Å²) in [6, 6.07) is 0. The molecule has 0 rings (SSSR count). The van der Waals surface area contributed by atoms with E-state index in [-0.39, 0.29) is 6.54 Å². The lowest BCUT2D eigenvalue weighted by molar-refractivity contribution is -0.150. The van der Waals surface area contributed by atoms with Crippen molar-refractivity contribution in [2.24, 2.45) is 11.1 Å². The Morgan fingerprint density at radius 1 is 1.25 bits per heavy atom. The highest BCUT2D eigenvalue weighted by Gasteiger charge is 2.35. The number of unbranched alkanes of at least 4 members (excludes halogenated alkanes) is 1. The van der Waals surface area contributed by atoms with E-state index in [0.717, 1.165) is 19.3 Å². The maximum absolute atomic E-state index is 11.2. The quantitative estimate of drug-likeness (QED) is 0.564. The van der Waals surface area contributed by atoms with Gasteiger partial charge in [0.1, 0.15) is 0 Å². The van der Waals surface area contributed by atoms with Crippen molar-refractivity contribution in [3.63, 3.8) is 0 Å². The zero-order valence-corrected chi connectivity index (χ0v) is 10.5. The van der Waals surface area contributed by atoms with Gasteiger partial charge in [0.25, 0.3) is 0 Å². The van der Waals surface area contributed by atoms with Crippen LogP contribution < -0.4 is 5.73 Å². The number of hydrogen-bond acceptors (Lipinski definition) is 3. The summed E-state index contributed by atoms with van der Waals surface area (Å²) < 4.78 is 5.41. The minimum absolute atomic E-state index is 0.188. The van der Waals surface area contributed by atoms with Gasteiger partial charge in [-0.3, -0.25) is 4.79 Å². The lowest BCUT2D eigenvalue weighted by atomic mass is 9.80. The Balaban J connectivity index is 4.05. The van der Waals surface area contributed by atoms with Crippen LogP contribution in [0.3, 0.4) is 0 Å². The topological polar surface area (TPSA) is 72.5 Å². The second-order valence-electron chi connectivity index (χ2n) is 4.26. The van der Waals surface area contributed by atoms with E-state index < -0.39 is 11.4 Å². The summed E-state index contributed by atoms with van der Waals surface area (Å²) in [7, 11) is 0. The molecule has 0 aliphatic rings. The zero-order valence-electron chi connectivity index (χ0n) is 10.5. The largest absolute Gasteiger partial charge is 0.481 e. The van der Waals surface area contributed by atoms with Gasteiger partial charge in [-0.2, -0.15) is 0 Å². The summed E-state index contributed by atoms with van der Waals surface area (Å²) in [5.41, 5.74) is 4.81. The molecule has 0 aromatic rings. The number of carbonyl (C=O) groups is 1. The fourth-order valence-corrected chi connectivity index (χ4v) is 1.72. The first kappa shape index (κ1) is 15.4. The monoisotopic (exact) mass is 231 g/mol. The number of ether oxygens (including phenoxy) is 1. The molecule has 96 valence electrons. The fraction of sp³-hybridized carbons (Fsp3) is 0.917. The molecule has 1 unspecified atom stereocenters. The highest BCUT2D eigenvalue weighted by atomic mass is 16.5. The van der Waals surface area contributed by atoms with E-state index in [1.54, 1.807) is 0 Å². The minimum Gasteiger partial charge on any atom is -0.481 e. The van der Waals surface area contributed by atoms with Crippen LogP contribution in [0, 0.1) is 5.41 Å². The Morgan fingerprint density at radius 3 is 2.38 bits per heavy atom. The number of rotatable bonds is 10. The van der Waals surface area contributed by atoms with Gasteiger partial charge < -0.3 is 15.6 Å². The molecule has 1 atom stereocenters. The van der Waals surface area contributed by atoms with Crippen molar-refractivity contribution in [3.05, 3.63) is 0 Å². The van der Waals surface area contributed by atoms with Gasteiger partial charge in [-0.05, 0) is 19.3 Å². The van der Waals surface area contributed by atoms with E-state index in [0.29, 0.717) is 26.1 Å². The first-order valence-corrected chi connectivity index (χ1v) is 6.14. The average Bonchev–Trinajstić information content (AvgIpc) is 2.27. The molecule has 0 fully saturated rings. The summed E-state index contributed by atoms with van der Waals surface area (Å²) in [5.74, 6) is -0.795. The van der Waals surface area contributed by atoms with Gasteiger partial charge >= 0.3 is 5.97 Å². The Labute approximate surface area is 98.2 Å². The Morgan fingerprint density at radius 2 is 1.94 bits per heavy atom. The van der Waals surface area contributed by atoms with E-state index >= 15 is 0 Å². The normalized spacial score (nSPS) is 14.7. The van der Waals surface area contributed by atoms with Gasteiger partial charge in [0.05, 0.1) is 5.41 Å². The summed E-state index contributed by atoms with van der Waals surface area (Å²) in [5, 5.41) is 9.22. The third-order valence-corrected chi connectivity index (χ3v) is 2.94. The molecule has 16 heavy (non-hydrogen) atoms. The molecule has 0 radical (unpaired) electrons. The summed E-state index contributed by atoms with van der Waals surface area (Å²) in [6.45, 7) is 5.47. The lowest BCUT2D eigenvalue weighted by Crippen LogP contribution is -2.39. The third-order valence-electron chi connectivity index (χ3n) is 2.94. The van der Waals surface area contributed by atoms with Gasteiger partial charge in [0.15, 0.2) is 0 Å². The van der Waals surface area contributed by atoms with Crippen LogP contribution in [0.15, 0.2) is 0 Å². The molecule has 3 N–H and O–H groups in total. The first-order chi connectivity index (χ1) is 7.63. The molecule has 4 nitrogen and oxygen atoms in total. The Bertz CT molecular complexity index is 197. The maximum atomic E-state index is 11.2. The molecular weight excluding hydrogens is 206 g/mol. The average molecular weight is 231 g/mol. The van der Waals surface area contributed by atoms with E-state index in [1.807, 2.05) is 6.92 Å². The van der Waals surface area contributed by atoms with Crippen molar-refractivity contribution < 1.29 is 14.6 Å². The molecule has 0 aliphatic heterocycles. The predicted octanol–water partition coefficient (Wildman–Crippen LogP) is 2.02. The maximum Gasteiger partial charge on any atom is 0.311 e. The first-order valence-electron chi connectivity index (χ1n) is 6.14. The summed E-state index contributed by atoms with van der Waals surface area (Å²) >= 11 is 0. The molecule has 0 aromatic carbocycles. The standard InChI is InChI=1S/C12H25NO3/c1-3-5-8-16-9-7-12(10-13,6-4-2)11(14)15/h3-10,13H2,1-2H3,(H,14,15). The molecule has 0 heterocycles. The SMILES string of the molecule is CCCCOCCC(CN)(CCC)C(=O)O. The van der Waals surface area contributed by atoms with Crippen LogP contribution in [0.4, 0.5) is 0 Å². The minimum atomic E-state index is -0.795. The van der Waals surface area contributed by atoms with Crippen LogP contribution >= 0.6 is 0 Å². The van der Waals surface area contributed by atoms with Crippen molar-refractivity contribution in [2.45, 2.75) is 46.0 Å². The number of carboxylic acids is 1. The van der Waals surface area contributed by atoms with Gasteiger partial charge in [0, 0.05) is 19.8 Å². The highest BCUT2D eigenvalue weighted by molar-refractivity contribution is 5.74. The Hall–Kier alpha value is -0.610. The second kappa shape index (κ2) is 8.53. The van der Waals surface area contributed by atoms with Crippen LogP contribution in [0.2, 0.25) is 0 Å². The molecule has 0 spiro atoms. The number of hydrogen-bond donors (Lipinski definition) is 2. The molecule has 4 heteroatoms. The smallest absolute Gasteiger partial charge is 0.311 e. The van der Waals surface area contributed by atoms with Crippen LogP contribution in [0.1, 0.15) is 46.0 Å². The molecule has 0 saturated heterocycles. The van der Waals surface area contributed by atoms with Gasteiger partial charge in [-0.15, -0.1) is 0 Å². The van der Waals surface area contributed by atoms with Crippen molar-refractivity contribution in [3.8, 4) is 0 Å².